The van der Waals surface area contributed by atoms with Gasteiger partial charge in [0.15, 0.2) is 0 Å². The van der Waals surface area contributed by atoms with E-state index in [4.69, 9.17) is 0 Å². The molecule has 0 saturated carbocycles. The molecule has 0 aliphatic heterocycles. The second-order valence-electron chi connectivity index (χ2n) is 4.42. The van der Waals surface area contributed by atoms with Gasteiger partial charge in [-0.15, -0.1) is 0 Å². The van der Waals surface area contributed by atoms with E-state index in [0.717, 1.165) is 20.1 Å². The van der Waals surface area contributed by atoms with E-state index in [0.29, 0.717) is 11.1 Å². The quantitative estimate of drug-likeness (QED) is 0.615. The standard InChI is InChI=1S/C16H8Br2O2/c17-11-5-1-9(2-6-11)13-14(16(20)15(13)19)10-3-7-12(18)8-4-10/h1-8H. The molecule has 20 heavy (non-hydrogen) atoms. The van der Waals surface area contributed by atoms with E-state index < -0.39 is 10.9 Å². The van der Waals surface area contributed by atoms with Gasteiger partial charge in [0.2, 0.25) is 10.9 Å². The largest absolute Gasteiger partial charge is 0.285 e. The Hall–Kier alpha value is -1.52. The van der Waals surface area contributed by atoms with Gasteiger partial charge in [0.1, 0.15) is 0 Å². The number of halogens is 2. The Morgan fingerprint density at radius 3 is 1.15 bits per heavy atom. The summed E-state index contributed by atoms with van der Waals surface area (Å²) in [6, 6.07) is 14.8. The molecule has 0 bridgehead atoms. The summed E-state index contributed by atoms with van der Waals surface area (Å²) < 4.78 is 1.87. The van der Waals surface area contributed by atoms with Gasteiger partial charge in [-0.25, -0.2) is 0 Å². The van der Waals surface area contributed by atoms with Gasteiger partial charge in [-0.3, -0.25) is 9.59 Å². The highest BCUT2D eigenvalue weighted by molar-refractivity contribution is 9.10. The topological polar surface area (TPSA) is 34.1 Å². The lowest BCUT2D eigenvalue weighted by Gasteiger charge is -2.11. The minimum atomic E-state index is -0.412. The molecule has 0 radical (unpaired) electrons. The molecule has 0 saturated heterocycles. The first kappa shape index (κ1) is 13.5. The molecule has 0 amide bonds. The maximum Gasteiger partial charge on any atom is 0.234 e. The molecule has 98 valence electrons. The third kappa shape index (κ3) is 2.19. The maximum absolute atomic E-state index is 11.9. The Bertz CT molecular complexity index is 767. The molecule has 2 nitrogen and oxygen atoms in total. The van der Waals surface area contributed by atoms with Crippen molar-refractivity contribution >= 4 is 31.9 Å². The molecule has 4 heteroatoms. The highest BCUT2D eigenvalue weighted by Crippen LogP contribution is 2.29. The molecule has 0 heterocycles. The zero-order chi connectivity index (χ0) is 14.3. The fraction of sp³-hybridized carbons (Fsp3) is 0. The van der Waals surface area contributed by atoms with Gasteiger partial charge in [0, 0.05) is 20.1 Å². The van der Waals surface area contributed by atoms with Crippen LogP contribution in [-0.2, 0) is 0 Å². The summed E-state index contributed by atoms with van der Waals surface area (Å²) in [5.41, 5.74) is 1.73. The third-order valence-corrected chi connectivity index (χ3v) is 4.23. The van der Waals surface area contributed by atoms with Crippen LogP contribution in [-0.4, -0.2) is 0 Å². The van der Waals surface area contributed by atoms with E-state index in [-0.39, 0.29) is 0 Å². The summed E-state index contributed by atoms with van der Waals surface area (Å²) >= 11 is 6.71. The fourth-order valence-electron chi connectivity index (χ4n) is 2.18. The van der Waals surface area contributed by atoms with Gasteiger partial charge in [0.25, 0.3) is 0 Å². The van der Waals surface area contributed by atoms with Crippen molar-refractivity contribution in [2.24, 2.45) is 0 Å². The molecule has 3 aromatic carbocycles. The lowest BCUT2D eigenvalue weighted by molar-refractivity contribution is 1.40. The van der Waals surface area contributed by atoms with E-state index >= 15 is 0 Å². The highest BCUT2D eigenvalue weighted by atomic mass is 79.9. The third-order valence-electron chi connectivity index (χ3n) is 3.18. The van der Waals surface area contributed by atoms with Crippen molar-refractivity contribution in [3.05, 3.63) is 77.9 Å². The Labute approximate surface area is 132 Å². The smallest absolute Gasteiger partial charge is 0.234 e. The first-order chi connectivity index (χ1) is 9.58. The summed E-state index contributed by atoms with van der Waals surface area (Å²) in [7, 11) is 0. The van der Waals surface area contributed by atoms with Crippen LogP contribution in [0.3, 0.4) is 0 Å². The summed E-state index contributed by atoms with van der Waals surface area (Å²) in [5.74, 6) is 0. The fourth-order valence-corrected chi connectivity index (χ4v) is 2.70. The van der Waals surface area contributed by atoms with Crippen molar-refractivity contribution in [2.75, 3.05) is 0 Å². The second-order valence-corrected chi connectivity index (χ2v) is 6.25. The first-order valence-electron chi connectivity index (χ1n) is 5.93. The van der Waals surface area contributed by atoms with Gasteiger partial charge in [-0.2, -0.15) is 0 Å². The molecular weight excluding hydrogens is 384 g/mol. The van der Waals surface area contributed by atoms with E-state index in [1.165, 1.54) is 0 Å². The number of hydrogen-bond donors (Lipinski definition) is 0. The van der Waals surface area contributed by atoms with E-state index in [1.807, 2.05) is 48.5 Å². The van der Waals surface area contributed by atoms with Gasteiger partial charge in [-0.1, -0.05) is 56.1 Å². The Morgan fingerprint density at radius 2 is 0.850 bits per heavy atom. The molecule has 0 aliphatic carbocycles. The zero-order valence-electron chi connectivity index (χ0n) is 10.2. The van der Waals surface area contributed by atoms with Gasteiger partial charge < -0.3 is 0 Å². The molecule has 0 aliphatic rings. The minimum absolute atomic E-state index is 0.412. The van der Waals surface area contributed by atoms with Gasteiger partial charge in [-0.05, 0) is 35.4 Å². The van der Waals surface area contributed by atoms with Crippen molar-refractivity contribution in [1.82, 2.24) is 0 Å². The summed E-state index contributed by atoms with van der Waals surface area (Å²) in [6.07, 6.45) is 0. The molecule has 0 N–H and O–H groups in total. The minimum Gasteiger partial charge on any atom is -0.285 e. The summed E-state index contributed by atoms with van der Waals surface area (Å²) in [5, 5.41) is 0. The molecule has 0 fully saturated rings. The predicted molar refractivity (Wildman–Crippen MR) is 87.6 cm³/mol. The van der Waals surface area contributed by atoms with Crippen LogP contribution in [0.15, 0.2) is 67.1 Å². The zero-order valence-corrected chi connectivity index (χ0v) is 13.4. The predicted octanol–water partition coefficient (Wildman–Crippen LogP) is 4.14. The SMILES string of the molecule is O=c1c(-c2ccc(Br)cc2)c(-c2ccc(Br)cc2)c1=O. The van der Waals surface area contributed by atoms with Crippen molar-refractivity contribution < 1.29 is 0 Å². The molecule has 0 aromatic heterocycles. The van der Waals surface area contributed by atoms with Crippen LogP contribution in [0, 0.1) is 0 Å². The van der Waals surface area contributed by atoms with Crippen molar-refractivity contribution in [1.29, 1.82) is 0 Å². The summed E-state index contributed by atoms with van der Waals surface area (Å²) in [4.78, 5) is 23.7. The van der Waals surface area contributed by atoms with Crippen LogP contribution in [0.2, 0.25) is 0 Å². The van der Waals surface area contributed by atoms with Crippen LogP contribution in [0.4, 0.5) is 0 Å². The molecular formula is C16H8Br2O2. The average molecular weight is 392 g/mol. The molecule has 0 spiro atoms. The number of benzene rings is 2. The second kappa shape index (κ2) is 5.11. The van der Waals surface area contributed by atoms with Crippen molar-refractivity contribution in [2.45, 2.75) is 0 Å². The van der Waals surface area contributed by atoms with E-state index in [1.54, 1.807) is 0 Å². The normalized spacial score (nSPS) is 10.9. The van der Waals surface area contributed by atoms with E-state index in [9.17, 15) is 9.59 Å². The maximum atomic E-state index is 11.9. The van der Waals surface area contributed by atoms with Crippen LogP contribution in [0.5, 0.6) is 0 Å². The lowest BCUT2D eigenvalue weighted by atomic mass is 9.89. The van der Waals surface area contributed by atoms with Crippen LogP contribution >= 0.6 is 31.9 Å². The van der Waals surface area contributed by atoms with Crippen molar-refractivity contribution in [3.8, 4) is 22.3 Å². The monoisotopic (exact) mass is 390 g/mol. The average Bonchev–Trinajstić information content (AvgIpc) is 2.46. The Morgan fingerprint density at radius 1 is 0.550 bits per heavy atom. The molecule has 0 unspecified atom stereocenters. The number of rotatable bonds is 2. The number of hydrogen-bond acceptors (Lipinski definition) is 2. The molecule has 3 rings (SSSR count). The van der Waals surface area contributed by atoms with Crippen LogP contribution in [0.25, 0.3) is 22.3 Å². The molecule has 0 atom stereocenters. The van der Waals surface area contributed by atoms with Crippen LogP contribution in [0.1, 0.15) is 0 Å². The molecule has 3 aromatic rings. The van der Waals surface area contributed by atoms with E-state index in [2.05, 4.69) is 31.9 Å². The van der Waals surface area contributed by atoms with Crippen LogP contribution < -0.4 is 10.9 Å². The Kier molecular flexibility index (Phi) is 3.44. The summed E-state index contributed by atoms with van der Waals surface area (Å²) in [6.45, 7) is 0. The highest BCUT2D eigenvalue weighted by Gasteiger charge is 2.23. The van der Waals surface area contributed by atoms with Gasteiger partial charge in [0.05, 0.1) is 0 Å². The first-order valence-corrected chi connectivity index (χ1v) is 7.51. The van der Waals surface area contributed by atoms with Crippen molar-refractivity contribution in [3.63, 3.8) is 0 Å². The Balaban J connectivity index is 2.17. The lowest BCUT2D eigenvalue weighted by Crippen LogP contribution is -2.34. The van der Waals surface area contributed by atoms with Gasteiger partial charge >= 0.3 is 0 Å².